The van der Waals surface area contributed by atoms with Gasteiger partial charge in [-0.15, -0.1) is 0 Å². The van der Waals surface area contributed by atoms with Crippen molar-refractivity contribution in [3.63, 3.8) is 0 Å². The van der Waals surface area contributed by atoms with Gasteiger partial charge in [0.25, 0.3) is 0 Å². The molecule has 0 fully saturated rings. The summed E-state index contributed by atoms with van der Waals surface area (Å²) in [4.78, 5) is 14.5. The van der Waals surface area contributed by atoms with Crippen LogP contribution in [0, 0.1) is 5.92 Å². The Morgan fingerprint density at radius 3 is 2.69 bits per heavy atom. The van der Waals surface area contributed by atoms with E-state index in [0.29, 0.717) is 30.5 Å². The standard InChI is InChI=1S/C23H26N6O2S/c1-14(2)12-25-6-7-29-22-20(21(24)26-13-27-22)28-23(29)32-19-11-18-17(30-8-9-31-18)10-16(19)15-4-3-5-15/h3-5,10-11,13-14,25H,6-9,12H2,1-2H3,(H2,24,26,27). The van der Waals surface area contributed by atoms with Crippen molar-refractivity contribution < 1.29 is 9.47 Å². The van der Waals surface area contributed by atoms with Crippen LogP contribution in [0.25, 0.3) is 16.7 Å². The molecule has 1 aliphatic heterocycles. The Kier molecular flexibility index (Phi) is 5.75. The third kappa shape index (κ3) is 4.05. The van der Waals surface area contributed by atoms with Gasteiger partial charge in [-0.25, -0.2) is 15.0 Å². The van der Waals surface area contributed by atoms with Crippen molar-refractivity contribution in [3.05, 3.63) is 42.3 Å². The minimum absolute atomic E-state index is 0.387. The summed E-state index contributed by atoms with van der Waals surface area (Å²) in [7, 11) is 0. The molecule has 0 saturated heterocycles. The van der Waals surface area contributed by atoms with E-state index in [-0.39, 0.29) is 0 Å². The topological polar surface area (TPSA) is 100 Å². The molecule has 1 aliphatic carbocycles. The fourth-order valence-corrected chi connectivity index (χ4v) is 4.72. The zero-order chi connectivity index (χ0) is 22.1. The van der Waals surface area contributed by atoms with Gasteiger partial charge in [0.15, 0.2) is 33.6 Å². The van der Waals surface area contributed by atoms with Gasteiger partial charge in [-0.05, 0) is 35.7 Å². The molecule has 1 aromatic carbocycles. The van der Waals surface area contributed by atoms with Crippen LogP contribution in [0.4, 0.5) is 5.82 Å². The fraction of sp³-hybridized carbons (Fsp3) is 0.348. The molecule has 0 unspecified atom stereocenters. The third-order valence-electron chi connectivity index (χ3n) is 5.30. The summed E-state index contributed by atoms with van der Waals surface area (Å²) in [5, 5.41) is 4.31. The van der Waals surface area contributed by atoms with Gasteiger partial charge in [0, 0.05) is 18.0 Å². The Morgan fingerprint density at radius 2 is 1.97 bits per heavy atom. The summed E-state index contributed by atoms with van der Waals surface area (Å²) in [5.41, 5.74) is 9.74. The maximum atomic E-state index is 6.12. The van der Waals surface area contributed by atoms with Crippen molar-refractivity contribution in [3.8, 4) is 11.5 Å². The predicted octanol–water partition coefficient (Wildman–Crippen LogP) is 3.53. The minimum atomic E-state index is 0.387. The Labute approximate surface area is 190 Å². The normalized spacial score (nSPS) is 14.7. The molecule has 0 radical (unpaired) electrons. The van der Waals surface area contributed by atoms with E-state index in [9.17, 15) is 0 Å². The van der Waals surface area contributed by atoms with E-state index in [0.717, 1.165) is 58.0 Å². The monoisotopic (exact) mass is 450 g/mol. The second kappa shape index (κ2) is 8.84. The number of aromatic nitrogens is 4. The summed E-state index contributed by atoms with van der Waals surface area (Å²) in [5.74, 6) is 2.51. The molecule has 166 valence electrons. The predicted molar refractivity (Wildman–Crippen MR) is 126 cm³/mol. The van der Waals surface area contributed by atoms with Crippen molar-refractivity contribution in [2.24, 2.45) is 5.92 Å². The number of nitrogen functional groups attached to an aromatic ring is 1. The molecule has 32 heavy (non-hydrogen) atoms. The molecule has 2 aromatic heterocycles. The molecule has 3 aromatic rings. The highest BCUT2D eigenvalue weighted by Crippen LogP contribution is 2.43. The van der Waals surface area contributed by atoms with E-state index < -0.39 is 0 Å². The number of nitrogens with two attached hydrogens (primary N) is 1. The summed E-state index contributed by atoms with van der Waals surface area (Å²) in [6.45, 7) is 7.99. The molecule has 0 saturated carbocycles. The van der Waals surface area contributed by atoms with Crippen LogP contribution in [0.3, 0.4) is 0 Å². The quantitative estimate of drug-likeness (QED) is 0.503. The maximum Gasteiger partial charge on any atom is 0.175 e. The zero-order valence-electron chi connectivity index (χ0n) is 18.2. The molecular formula is C23H26N6O2S. The van der Waals surface area contributed by atoms with Crippen LogP contribution < -0.4 is 20.5 Å². The van der Waals surface area contributed by atoms with Crippen LogP contribution in [-0.2, 0) is 6.54 Å². The van der Waals surface area contributed by atoms with E-state index in [1.165, 1.54) is 6.33 Å². The third-order valence-corrected chi connectivity index (χ3v) is 6.35. The Bertz CT molecular complexity index is 1220. The van der Waals surface area contributed by atoms with Crippen LogP contribution >= 0.6 is 11.8 Å². The van der Waals surface area contributed by atoms with Gasteiger partial charge in [-0.2, -0.15) is 0 Å². The van der Waals surface area contributed by atoms with Gasteiger partial charge in [-0.3, -0.25) is 0 Å². The average Bonchev–Trinajstić information content (AvgIpc) is 3.09. The van der Waals surface area contributed by atoms with Crippen LogP contribution in [0.1, 0.15) is 19.4 Å². The number of ether oxygens (including phenoxy) is 2. The molecule has 5 rings (SSSR count). The van der Waals surface area contributed by atoms with Crippen LogP contribution in [0.5, 0.6) is 11.5 Å². The van der Waals surface area contributed by atoms with E-state index in [4.69, 9.17) is 20.2 Å². The first-order valence-electron chi connectivity index (χ1n) is 10.8. The summed E-state index contributed by atoms with van der Waals surface area (Å²) in [6.07, 6.45) is 7.72. The Morgan fingerprint density at radius 1 is 1.19 bits per heavy atom. The first-order valence-corrected chi connectivity index (χ1v) is 11.6. The number of rotatable bonds is 8. The molecule has 8 nitrogen and oxygen atoms in total. The number of hydrogen-bond acceptors (Lipinski definition) is 8. The molecule has 3 heterocycles. The van der Waals surface area contributed by atoms with Crippen LogP contribution in [0.15, 0.2) is 46.7 Å². The first kappa shape index (κ1) is 20.8. The molecule has 3 N–H and O–H groups in total. The van der Waals surface area contributed by atoms with Crippen LogP contribution in [0.2, 0.25) is 0 Å². The number of anilines is 1. The van der Waals surface area contributed by atoms with E-state index >= 15 is 0 Å². The molecular weight excluding hydrogens is 424 g/mol. The highest BCUT2D eigenvalue weighted by molar-refractivity contribution is 7.99. The van der Waals surface area contributed by atoms with Crippen molar-refractivity contribution in [2.45, 2.75) is 30.4 Å². The number of benzene rings is 1. The summed E-state index contributed by atoms with van der Waals surface area (Å²) < 4.78 is 13.8. The number of hydrogen-bond donors (Lipinski definition) is 2. The van der Waals surface area contributed by atoms with E-state index in [2.05, 4.69) is 51.9 Å². The maximum absolute atomic E-state index is 6.12. The minimum Gasteiger partial charge on any atom is -0.486 e. The second-order valence-electron chi connectivity index (χ2n) is 8.15. The van der Waals surface area contributed by atoms with Crippen molar-refractivity contribution in [1.82, 2.24) is 24.8 Å². The lowest BCUT2D eigenvalue weighted by molar-refractivity contribution is 0.171. The Hall–Kier alpha value is -3.04. The first-order chi connectivity index (χ1) is 15.6. The largest absolute Gasteiger partial charge is 0.486 e. The summed E-state index contributed by atoms with van der Waals surface area (Å²) >= 11 is 1.58. The highest BCUT2D eigenvalue weighted by atomic mass is 32.2. The Balaban J connectivity index is 1.52. The average molecular weight is 451 g/mol. The molecule has 0 spiro atoms. The van der Waals surface area contributed by atoms with Crippen molar-refractivity contribution in [2.75, 3.05) is 32.0 Å². The van der Waals surface area contributed by atoms with E-state index in [1.54, 1.807) is 11.8 Å². The second-order valence-corrected chi connectivity index (χ2v) is 9.16. The lowest BCUT2D eigenvalue weighted by Gasteiger charge is -2.22. The number of nitrogens with one attached hydrogen (secondary N) is 1. The van der Waals surface area contributed by atoms with Gasteiger partial charge in [-0.1, -0.05) is 43.8 Å². The molecule has 0 bridgehead atoms. The van der Waals surface area contributed by atoms with Crippen LogP contribution in [-0.4, -0.2) is 45.8 Å². The lowest BCUT2D eigenvalue weighted by Crippen LogP contribution is -2.24. The SMILES string of the molecule is CC(C)CNCCn1c(Sc2cc3c(cc2C2=CC=C2)OCCO3)nc2c(N)ncnc21. The zero-order valence-corrected chi connectivity index (χ0v) is 19.0. The van der Waals surface area contributed by atoms with Crippen molar-refractivity contribution >= 4 is 34.3 Å². The number of fused-ring (bicyclic) bond motifs is 2. The smallest absolute Gasteiger partial charge is 0.175 e. The highest BCUT2D eigenvalue weighted by Gasteiger charge is 2.22. The molecule has 0 amide bonds. The van der Waals surface area contributed by atoms with Gasteiger partial charge >= 0.3 is 0 Å². The summed E-state index contributed by atoms with van der Waals surface area (Å²) in [6, 6.07) is 4.09. The van der Waals surface area contributed by atoms with Gasteiger partial charge in [0.1, 0.15) is 19.5 Å². The lowest BCUT2D eigenvalue weighted by atomic mass is 9.99. The molecule has 2 aliphatic rings. The molecule has 9 heteroatoms. The fourth-order valence-electron chi connectivity index (χ4n) is 3.65. The van der Waals surface area contributed by atoms with Gasteiger partial charge in [0.2, 0.25) is 0 Å². The number of imidazole rings is 1. The van der Waals surface area contributed by atoms with E-state index in [1.807, 2.05) is 12.1 Å². The number of nitrogens with zero attached hydrogens (tertiary/aromatic N) is 4. The van der Waals surface area contributed by atoms with Gasteiger partial charge < -0.3 is 25.1 Å². The molecule has 0 atom stereocenters. The van der Waals surface area contributed by atoms with Crippen molar-refractivity contribution in [1.29, 1.82) is 0 Å². The van der Waals surface area contributed by atoms with Gasteiger partial charge in [0.05, 0.1) is 0 Å². The number of allylic oxidation sites excluding steroid dienone is 4.